The van der Waals surface area contributed by atoms with Gasteiger partial charge in [-0.05, 0) is 84.6 Å². The number of rotatable bonds is 15. The van der Waals surface area contributed by atoms with E-state index in [1.165, 1.54) is 47.9 Å². The van der Waals surface area contributed by atoms with Gasteiger partial charge in [-0.1, -0.05) is 105 Å². The molecule has 0 radical (unpaired) electrons. The van der Waals surface area contributed by atoms with Crippen LogP contribution in [-0.2, 0) is 49.6 Å². The second-order valence-corrected chi connectivity index (χ2v) is 18.9. The SMILES string of the molecule is CC(=O)OCCCn1c(=O)c2c(Cc3ccc(Cl)cc3)c(Oc3cccc(Cl)c3)sc2n(C)c1=O.Cn1c(=O)n(CCCO)c(=O)c2c(Cc3ccc(Cl)cc3)c(Oc3cccc(Cl)c3)sc21.O.[Li+].[OH-]. The number of fused-ring (bicyclic) bond motifs is 2. The molecule has 0 bridgehead atoms. The van der Waals surface area contributed by atoms with Crippen molar-refractivity contribution in [2.24, 2.45) is 14.1 Å². The first-order valence-corrected chi connectivity index (χ1v) is 23.9. The summed E-state index contributed by atoms with van der Waals surface area (Å²) in [4.78, 5) is 64.8. The van der Waals surface area contributed by atoms with Gasteiger partial charge in [0.25, 0.3) is 11.1 Å². The van der Waals surface area contributed by atoms with E-state index >= 15 is 0 Å². The van der Waals surface area contributed by atoms with Crippen molar-refractivity contribution in [3.05, 3.63) is 181 Å². The van der Waals surface area contributed by atoms with E-state index < -0.39 is 28.5 Å². The first-order chi connectivity index (χ1) is 32.1. The molecule has 0 aliphatic carbocycles. The van der Waals surface area contributed by atoms with E-state index in [1.807, 2.05) is 24.3 Å². The van der Waals surface area contributed by atoms with Gasteiger partial charge in [0, 0.05) is 84.8 Å². The van der Waals surface area contributed by atoms with Gasteiger partial charge in [-0.25, -0.2) is 9.59 Å². The van der Waals surface area contributed by atoms with Crippen molar-refractivity contribution in [3.63, 3.8) is 0 Å². The summed E-state index contributed by atoms with van der Waals surface area (Å²) >= 11 is 26.8. The van der Waals surface area contributed by atoms with Gasteiger partial charge in [0.05, 0.1) is 17.4 Å². The van der Waals surface area contributed by atoms with E-state index in [4.69, 9.17) is 60.6 Å². The van der Waals surface area contributed by atoms with Gasteiger partial charge in [0.15, 0.2) is 10.1 Å². The Kier molecular flexibility index (Phi) is 21.2. The molecular formula is C48H45Cl4LiN4O11S2. The molecule has 8 rings (SSSR count). The monoisotopic (exact) mass is 1060 g/mol. The molecule has 0 saturated heterocycles. The summed E-state index contributed by atoms with van der Waals surface area (Å²) in [5, 5.41) is 13.3. The minimum absolute atomic E-state index is 0. The maximum atomic E-state index is 13.6. The van der Waals surface area contributed by atoms with E-state index in [9.17, 15) is 29.1 Å². The summed E-state index contributed by atoms with van der Waals surface area (Å²) in [6, 6.07) is 28.7. The Morgan fingerprint density at radius 3 is 1.39 bits per heavy atom. The average Bonchev–Trinajstić information content (AvgIpc) is 3.83. The number of aliphatic hydroxyl groups excluding tert-OH is 1. The Morgan fingerprint density at radius 1 is 0.614 bits per heavy atom. The van der Waals surface area contributed by atoms with Crippen LogP contribution in [0.5, 0.6) is 21.6 Å². The molecule has 0 atom stereocenters. The molecule has 4 aromatic heterocycles. The van der Waals surface area contributed by atoms with Crippen LogP contribution in [0.1, 0.15) is 42.0 Å². The third-order valence-corrected chi connectivity index (χ3v) is 13.8. The minimum Gasteiger partial charge on any atom is -0.870 e. The van der Waals surface area contributed by atoms with Crippen molar-refractivity contribution in [1.82, 2.24) is 18.3 Å². The number of thiophene rings is 2. The molecule has 70 heavy (non-hydrogen) atoms. The number of benzene rings is 4. The Labute approximate surface area is 440 Å². The smallest absolute Gasteiger partial charge is 0.870 e. The fourth-order valence-corrected chi connectivity index (χ4v) is 10.1. The van der Waals surface area contributed by atoms with Gasteiger partial charge in [-0.15, -0.1) is 0 Å². The standard InChI is InChI=1S/C25H22Cl2N2O5S.C23H20Cl2N2O4S.Li.2H2O/c1-15(30)33-12-4-11-29-22(31)21-20(13-16-7-9-17(26)10-8-16)24(35-23(21)28(2)25(29)32)34-19-6-3-5-18(27)14-19;1-26-21-19(20(29)27(23(26)30)10-3-11-28)18(12-14-6-8-15(24)9-7-14)22(32-21)31-17-5-2-4-16(25)13-17;;;/h3,5-10,14H,4,11-13H2,1-2H3;2,4-9,13,28H,3,10-12H2,1H3;;2*1H2/q;;+1;;/p-1. The minimum atomic E-state index is -0.445. The third-order valence-electron chi connectivity index (χ3n) is 10.4. The summed E-state index contributed by atoms with van der Waals surface area (Å²) in [5.41, 5.74) is 1.56. The summed E-state index contributed by atoms with van der Waals surface area (Å²) in [6.45, 7) is 1.58. The molecule has 0 spiro atoms. The predicted molar refractivity (Wildman–Crippen MR) is 273 cm³/mol. The number of ether oxygens (including phenoxy) is 3. The molecule has 4 aromatic carbocycles. The van der Waals surface area contributed by atoms with Gasteiger partial charge >= 0.3 is 36.2 Å². The van der Waals surface area contributed by atoms with Gasteiger partial charge < -0.3 is 30.3 Å². The molecule has 0 aliphatic rings. The molecule has 0 saturated carbocycles. The second-order valence-electron chi connectivity index (χ2n) is 15.2. The molecule has 364 valence electrons. The third kappa shape index (κ3) is 13.4. The average molecular weight is 1070 g/mol. The fraction of sp³-hybridized carbons (Fsp3) is 0.229. The van der Waals surface area contributed by atoms with Gasteiger partial charge in [-0.3, -0.25) is 32.7 Å². The molecule has 0 fully saturated rings. The summed E-state index contributed by atoms with van der Waals surface area (Å²) in [5.74, 6) is 0.645. The van der Waals surface area contributed by atoms with Gasteiger partial charge in [0.2, 0.25) is 0 Å². The van der Waals surface area contributed by atoms with Crippen LogP contribution in [0.2, 0.25) is 20.1 Å². The zero-order chi connectivity index (χ0) is 47.9. The maximum Gasteiger partial charge on any atom is 1.00 e. The van der Waals surface area contributed by atoms with Gasteiger partial charge in [-0.2, -0.15) is 0 Å². The maximum absolute atomic E-state index is 13.6. The van der Waals surface area contributed by atoms with Crippen molar-refractivity contribution in [1.29, 1.82) is 0 Å². The molecule has 4 N–H and O–H groups in total. The van der Waals surface area contributed by atoms with E-state index in [0.717, 1.165) is 11.1 Å². The van der Waals surface area contributed by atoms with Gasteiger partial charge in [0.1, 0.15) is 21.2 Å². The molecule has 15 nitrogen and oxygen atoms in total. The van der Waals surface area contributed by atoms with E-state index in [0.29, 0.717) is 99.0 Å². The van der Waals surface area contributed by atoms with Crippen molar-refractivity contribution in [2.75, 3.05) is 13.2 Å². The van der Waals surface area contributed by atoms with E-state index in [1.54, 1.807) is 86.9 Å². The van der Waals surface area contributed by atoms with Crippen molar-refractivity contribution in [3.8, 4) is 21.6 Å². The summed E-state index contributed by atoms with van der Waals surface area (Å²) < 4.78 is 22.5. The van der Waals surface area contributed by atoms with E-state index in [-0.39, 0.29) is 56.1 Å². The molecule has 0 amide bonds. The van der Waals surface area contributed by atoms with Crippen molar-refractivity contribution >= 4 is 95.5 Å². The van der Waals surface area contributed by atoms with Crippen LogP contribution in [-0.4, -0.2) is 53.5 Å². The van der Waals surface area contributed by atoms with Crippen molar-refractivity contribution < 1.29 is 53.9 Å². The van der Waals surface area contributed by atoms with Crippen LogP contribution in [0, 0.1) is 0 Å². The Hall–Kier alpha value is -5.13. The zero-order valence-electron chi connectivity index (χ0n) is 38.2. The molecule has 0 aliphatic heterocycles. The van der Waals surface area contributed by atoms with Crippen LogP contribution in [0.3, 0.4) is 0 Å². The Balaban J connectivity index is 0.000000293. The fourth-order valence-electron chi connectivity index (χ4n) is 7.19. The molecule has 0 unspecified atom stereocenters. The number of aliphatic hydroxyl groups is 1. The Bertz CT molecular complexity index is 3350. The molecular weight excluding hydrogens is 1020 g/mol. The number of aromatic nitrogens is 4. The molecule has 4 heterocycles. The quantitative estimate of drug-likeness (QED) is 0.0693. The summed E-state index contributed by atoms with van der Waals surface area (Å²) in [7, 11) is 3.25. The number of carbonyl (C=O) groups is 1. The van der Waals surface area contributed by atoms with Crippen molar-refractivity contribution in [2.45, 2.75) is 45.7 Å². The molecule has 22 heteroatoms. The first kappa shape index (κ1) is 57.4. The number of nitrogens with zero attached hydrogens (tertiary/aromatic N) is 4. The van der Waals surface area contributed by atoms with Crippen LogP contribution < -0.4 is 50.8 Å². The summed E-state index contributed by atoms with van der Waals surface area (Å²) in [6.07, 6.45) is 1.46. The normalized spacial score (nSPS) is 10.7. The Morgan fingerprint density at radius 2 is 1.01 bits per heavy atom. The topological polar surface area (TPSA) is 214 Å². The van der Waals surface area contributed by atoms with Crippen LogP contribution in [0.15, 0.2) is 116 Å². The zero-order valence-corrected chi connectivity index (χ0v) is 42.8. The number of hydrogen-bond donors (Lipinski definition) is 1. The molecule has 8 aromatic rings. The number of aryl methyl sites for hydroxylation is 2. The predicted octanol–water partition coefficient (Wildman–Crippen LogP) is 6.24. The van der Waals surface area contributed by atoms with E-state index in [2.05, 4.69) is 0 Å². The number of esters is 1. The van der Waals surface area contributed by atoms with Crippen LogP contribution >= 0.6 is 69.1 Å². The number of hydrogen-bond acceptors (Lipinski definition) is 12. The number of carbonyl (C=O) groups excluding carboxylic acids is 1. The van der Waals surface area contributed by atoms with Crippen LogP contribution in [0.4, 0.5) is 0 Å². The second kappa shape index (κ2) is 25.8. The first-order valence-electron chi connectivity index (χ1n) is 20.7. The number of halogens is 4. The largest absolute Gasteiger partial charge is 1.00 e. The van der Waals surface area contributed by atoms with Crippen LogP contribution in [0.25, 0.3) is 20.4 Å².